The van der Waals surface area contributed by atoms with Gasteiger partial charge in [0.15, 0.2) is 5.11 Å². The maximum atomic E-state index is 11.4. The van der Waals surface area contributed by atoms with Crippen LogP contribution in [0.1, 0.15) is 11.1 Å². The van der Waals surface area contributed by atoms with E-state index in [2.05, 4.69) is 10.6 Å². The van der Waals surface area contributed by atoms with Crippen molar-refractivity contribution in [3.63, 3.8) is 0 Å². The molecule has 0 spiro atoms. The van der Waals surface area contributed by atoms with Crippen molar-refractivity contribution in [3.05, 3.63) is 35.0 Å². The first-order valence-electron chi connectivity index (χ1n) is 4.82. The summed E-state index contributed by atoms with van der Waals surface area (Å²) in [4.78, 5) is 11.4. The SMILES string of the molecule is O=C1NC(=S)N/C1=C/c1ccc(CCl)cc1O. The quantitative estimate of drug-likeness (QED) is 0.432. The smallest absolute Gasteiger partial charge is 0.273 e. The van der Waals surface area contributed by atoms with Crippen molar-refractivity contribution in [1.82, 2.24) is 10.6 Å². The second kappa shape index (κ2) is 4.73. The third-order valence-corrected chi connectivity index (χ3v) is 2.78. The number of carbonyl (C=O) groups excluding carboxylic acids is 1. The summed E-state index contributed by atoms with van der Waals surface area (Å²) < 4.78 is 0. The molecule has 0 unspecified atom stereocenters. The van der Waals surface area contributed by atoms with Crippen LogP contribution in [0, 0.1) is 0 Å². The first kappa shape index (κ1) is 11.9. The summed E-state index contributed by atoms with van der Waals surface area (Å²) in [5.74, 6) is 0.0895. The number of phenolic OH excluding ortho intramolecular Hbond substituents is 1. The Bertz CT molecular complexity index is 528. The Morgan fingerprint density at radius 3 is 2.71 bits per heavy atom. The molecular weight excluding hydrogens is 260 g/mol. The first-order valence-corrected chi connectivity index (χ1v) is 5.76. The number of amides is 1. The first-order chi connectivity index (χ1) is 8.10. The largest absolute Gasteiger partial charge is 0.507 e. The van der Waals surface area contributed by atoms with Gasteiger partial charge in [0.05, 0.1) is 0 Å². The van der Waals surface area contributed by atoms with Crippen LogP contribution in [0.15, 0.2) is 23.9 Å². The summed E-state index contributed by atoms with van der Waals surface area (Å²) in [5, 5.41) is 15.1. The average molecular weight is 269 g/mol. The van der Waals surface area contributed by atoms with Gasteiger partial charge >= 0.3 is 0 Å². The van der Waals surface area contributed by atoms with Crippen LogP contribution < -0.4 is 10.6 Å². The number of nitrogens with one attached hydrogen (secondary N) is 2. The van der Waals surface area contributed by atoms with E-state index in [1.54, 1.807) is 18.2 Å². The molecule has 0 aromatic heterocycles. The van der Waals surface area contributed by atoms with Crippen molar-refractivity contribution in [2.45, 2.75) is 5.88 Å². The van der Waals surface area contributed by atoms with Gasteiger partial charge in [-0.2, -0.15) is 0 Å². The van der Waals surface area contributed by atoms with E-state index in [1.165, 1.54) is 6.08 Å². The van der Waals surface area contributed by atoms with Crippen LogP contribution in [-0.4, -0.2) is 16.1 Å². The van der Waals surface area contributed by atoms with Gasteiger partial charge in [0.1, 0.15) is 11.4 Å². The predicted molar refractivity (Wildman–Crippen MR) is 69.5 cm³/mol. The highest BCUT2D eigenvalue weighted by Crippen LogP contribution is 2.22. The molecule has 1 fully saturated rings. The van der Waals surface area contributed by atoms with Crippen LogP contribution in [0.5, 0.6) is 5.75 Å². The third kappa shape index (κ3) is 2.57. The Morgan fingerprint density at radius 1 is 1.41 bits per heavy atom. The molecule has 1 aliphatic rings. The number of thiocarbonyl (C=S) groups is 1. The van der Waals surface area contributed by atoms with Gasteiger partial charge in [-0.1, -0.05) is 12.1 Å². The zero-order chi connectivity index (χ0) is 12.4. The van der Waals surface area contributed by atoms with Gasteiger partial charge in [-0.25, -0.2) is 0 Å². The predicted octanol–water partition coefficient (Wildman–Crippen LogP) is 1.48. The molecule has 1 amide bonds. The van der Waals surface area contributed by atoms with Gasteiger partial charge in [0, 0.05) is 11.4 Å². The van der Waals surface area contributed by atoms with Crippen LogP contribution >= 0.6 is 23.8 Å². The highest BCUT2D eigenvalue weighted by Gasteiger charge is 2.20. The number of hydrogen-bond donors (Lipinski definition) is 3. The monoisotopic (exact) mass is 268 g/mol. The Kier molecular flexibility index (Phi) is 3.31. The highest BCUT2D eigenvalue weighted by atomic mass is 35.5. The van der Waals surface area contributed by atoms with Crippen molar-refractivity contribution >= 4 is 40.9 Å². The number of alkyl halides is 1. The van der Waals surface area contributed by atoms with Crippen molar-refractivity contribution in [2.75, 3.05) is 0 Å². The molecule has 1 aromatic rings. The van der Waals surface area contributed by atoms with E-state index in [-0.39, 0.29) is 16.8 Å². The van der Waals surface area contributed by atoms with E-state index in [4.69, 9.17) is 23.8 Å². The van der Waals surface area contributed by atoms with E-state index < -0.39 is 0 Å². The molecular formula is C11H9ClN2O2S. The second-order valence-corrected chi connectivity index (χ2v) is 4.17. The molecule has 1 heterocycles. The lowest BCUT2D eigenvalue weighted by molar-refractivity contribution is -0.115. The molecule has 3 N–H and O–H groups in total. The van der Waals surface area contributed by atoms with Crippen LogP contribution in [0.4, 0.5) is 0 Å². The minimum atomic E-state index is -0.309. The van der Waals surface area contributed by atoms with Crippen LogP contribution in [0.3, 0.4) is 0 Å². The molecule has 88 valence electrons. The minimum Gasteiger partial charge on any atom is -0.507 e. The van der Waals surface area contributed by atoms with Gasteiger partial charge in [0.25, 0.3) is 5.91 Å². The zero-order valence-corrected chi connectivity index (χ0v) is 10.2. The number of aromatic hydroxyl groups is 1. The van der Waals surface area contributed by atoms with E-state index in [9.17, 15) is 9.90 Å². The number of benzene rings is 1. The number of carbonyl (C=O) groups is 1. The fourth-order valence-corrected chi connectivity index (χ4v) is 1.80. The normalized spacial score (nSPS) is 17.1. The Hall–Kier alpha value is -1.59. The van der Waals surface area contributed by atoms with E-state index in [0.717, 1.165) is 5.56 Å². The van der Waals surface area contributed by atoms with Gasteiger partial charge < -0.3 is 10.4 Å². The van der Waals surface area contributed by atoms with Gasteiger partial charge in [-0.15, -0.1) is 11.6 Å². The molecule has 2 rings (SSSR count). The van der Waals surface area contributed by atoms with E-state index in [0.29, 0.717) is 17.1 Å². The maximum absolute atomic E-state index is 11.4. The average Bonchev–Trinajstić information content (AvgIpc) is 2.60. The molecule has 1 aromatic carbocycles. The fraction of sp³-hybridized carbons (Fsp3) is 0.0909. The van der Waals surface area contributed by atoms with Gasteiger partial charge in [-0.3, -0.25) is 10.1 Å². The minimum absolute atomic E-state index is 0.0723. The summed E-state index contributed by atoms with van der Waals surface area (Å²) in [6.07, 6.45) is 1.53. The summed E-state index contributed by atoms with van der Waals surface area (Å²) in [6.45, 7) is 0. The maximum Gasteiger partial charge on any atom is 0.273 e. The van der Waals surface area contributed by atoms with Crippen molar-refractivity contribution in [2.24, 2.45) is 0 Å². The molecule has 0 aliphatic carbocycles. The molecule has 0 atom stereocenters. The van der Waals surface area contributed by atoms with Crippen molar-refractivity contribution < 1.29 is 9.90 Å². The van der Waals surface area contributed by atoms with Gasteiger partial charge in [-0.05, 0) is 29.9 Å². The molecule has 0 bridgehead atoms. The second-order valence-electron chi connectivity index (χ2n) is 3.49. The highest BCUT2D eigenvalue weighted by molar-refractivity contribution is 7.80. The summed E-state index contributed by atoms with van der Waals surface area (Å²) in [5.41, 5.74) is 1.65. The van der Waals surface area contributed by atoms with E-state index >= 15 is 0 Å². The van der Waals surface area contributed by atoms with Crippen molar-refractivity contribution in [1.29, 1.82) is 0 Å². The molecule has 6 heteroatoms. The standard InChI is InChI=1S/C11H9ClN2O2S/c12-5-6-1-2-7(9(15)3-6)4-8-10(16)14-11(17)13-8/h1-4,15H,5H2,(H2,13,14,16,17)/b8-4+. The lowest BCUT2D eigenvalue weighted by Gasteiger charge is -2.02. The zero-order valence-electron chi connectivity index (χ0n) is 8.66. The van der Waals surface area contributed by atoms with Crippen molar-refractivity contribution in [3.8, 4) is 5.75 Å². The molecule has 0 radical (unpaired) electrons. The topological polar surface area (TPSA) is 61.4 Å². The van der Waals surface area contributed by atoms with Gasteiger partial charge in [0.2, 0.25) is 0 Å². The number of rotatable bonds is 2. The lowest BCUT2D eigenvalue weighted by atomic mass is 10.1. The van der Waals surface area contributed by atoms with Crippen LogP contribution in [0.25, 0.3) is 6.08 Å². The lowest BCUT2D eigenvalue weighted by Crippen LogP contribution is -2.21. The Morgan fingerprint density at radius 2 is 2.18 bits per heavy atom. The third-order valence-electron chi connectivity index (χ3n) is 2.27. The molecule has 0 saturated carbocycles. The Labute approximate surface area is 108 Å². The Balaban J connectivity index is 2.33. The number of phenols is 1. The molecule has 1 saturated heterocycles. The number of hydrogen-bond acceptors (Lipinski definition) is 3. The molecule has 17 heavy (non-hydrogen) atoms. The number of halogens is 1. The molecule has 1 aliphatic heterocycles. The van der Waals surface area contributed by atoms with Crippen LogP contribution in [-0.2, 0) is 10.7 Å². The van der Waals surface area contributed by atoms with E-state index in [1.807, 2.05) is 0 Å². The summed E-state index contributed by atoms with van der Waals surface area (Å²) in [6, 6.07) is 5.03. The summed E-state index contributed by atoms with van der Waals surface area (Å²) in [7, 11) is 0. The summed E-state index contributed by atoms with van der Waals surface area (Å²) >= 11 is 10.4. The fourth-order valence-electron chi connectivity index (χ4n) is 1.43. The van der Waals surface area contributed by atoms with Crippen LogP contribution in [0.2, 0.25) is 0 Å². The molecule has 4 nitrogen and oxygen atoms in total.